The molecule has 1 aromatic carbocycles. The van der Waals surface area contributed by atoms with Crippen molar-refractivity contribution in [3.8, 4) is 0 Å². The van der Waals surface area contributed by atoms with Crippen LogP contribution in [0.2, 0.25) is 0 Å². The molecule has 0 fully saturated rings. The number of carbonyl (C=O) groups excluding carboxylic acids is 2. The highest BCUT2D eigenvalue weighted by Gasteiger charge is 2.37. The first-order valence-corrected chi connectivity index (χ1v) is 8.94. The van der Waals surface area contributed by atoms with Gasteiger partial charge in [0.25, 0.3) is 5.91 Å². The largest absolute Gasteiger partial charge is 0.443 e. The predicted molar refractivity (Wildman–Crippen MR) is 97.9 cm³/mol. The molecule has 2 amide bonds. The van der Waals surface area contributed by atoms with Gasteiger partial charge in [0, 0.05) is 18.1 Å². The fourth-order valence-electron chi connectivity index (χ4n) is 2.71. The summed E-state index contributed by atoms with van der Waals surface area (Å²) in [7, 11) is 1.53. The summed E-state index contributed by atoms with van der Waals surface area (Å²) >= 11 is 0.351. The molecule has 1 atom stereocenters. The number of hydrogen-bond acceptors (Lipinski definition) is 6. The van der Waals surface area contributed by atoms with Gasteiger partial charge in [-0.1, -0.05) is 12.1 Å². The Kier molecular flexibility index (Phi) is 4.88. The summed E-state index contributed by atoms with van der Waals surface area (Å²) in [6.07, 6.45) is -4.51. The minimum atomic E-state index is -4.60. The van der Waals surface area contributed by atoms with Gasteiger partial charge < -0.3 is 11.1 Å². The molecule has 0 aliphatic carbocycles. The number of nitrogens with zero attached hydrogens (tertiary/aromatic N) is 3. The van der Waals surface area contributed by atoms with Crippen LogP contribution in [-0.4, -0.2) is 34.7 Å². The lowest BCUT2D eigenvalue weighted by Crippen LogP contribution is -2.47. The van der Waals surface area contributed by atoms with E-state index in [0.29, 0.717) is 22.6 Å². The lowest BCUT2D eigenvalue weighted by atomic mass is 9.87. The van der Waals surface area contributed by atoms with Crippen molar-refractivity contribution in [2.24, 2.45) is 10.7 Å². The number of nitrogens with one attached hydrogen (secondary N) is 1. The number of thiazole rings is 1. The van der Waals surface area contributed by atoms with E-state index >= 15 is 0 Å². The zero-order chi connectivity index (χ0) is 20.7. The normalized spacial score (nSPS) is 20.1. The van der Waals surface area contributed by atoms with E-state index in [-0.39, 0.29) is 24.0 Å². The Morgan fingerprint density at radius 2 is 2.11 bits per heavy atom. The number of guanidine groups is 1. The van der Waals surface area contributed by atoms with Crippen LogP contribution in [0.15, 0.2) is 34.6 Å². The average molecular weight is 411 g/mol. The van der Waals surface area contributed by atoms with Crippen LogP contribution in [0.5, 0.6) is 0 Å². The van der Waals surface area contributed by atoms with Crippen LogP contribution in [0.4, 0.5) is 18.9 Å². The van der Waals surface area contributed by atoms with Crippen LogP contribution in [-0.2, 0) is 16.5 Å². The summed E-state index contributed by atoms with van der Waals surface area (Å²) in [4.78, 5) is 33.3. The predicted octanol–water partition coefficient (Wildman–Crippen LogP) is 2.81. The summed E-state index contributed by atoms with van der Waals surface area (Å²) < 4.78 is 37.9. The summed E-state index contributed by atoms with van der Waals surface area (Å²) in [5.41, 5.74) is 5.52. The molecule has 0 unspecified atom stereocenters. The van der Waals surface area contributed by atoms with Crippen LogP contribution >= 0.6 is 11.3 Å². The van der Waals surface area contributed by atoms with E-state index in [1.54, 1.807) is 31.2 Å². The average Bonchev–Trinajstić information content (AvgIpc) is 3.10. The molecule has 3 rings (SSSR count). The van der Waals surface area contributed by atoms with E-state index in [9.17, 15) is 22.8 Å². The fraction of sp³-hybridized carbons (Fsp3) is 0.294. The summed E-state index contributed by atoms with van der Waals surface area (Å²) in [5.74, 6) is -0.890. The molecule has 0 radical (unpaired) electrons. The number of amides is 2. The van der Waals surface area contributed by atoms with Gasteiger partial charge in [0.15, 0.2) is 11.0 Å². The zero-order valence-electron chi connectivity index (χ0n) is 14.9. The first-order chi connectivity index (χ1) is 13.0. The van der Waals surface area contributed by atoms with Gasteiger partial charge in [-0.15, -0.1) is 11.3 Å². The maximum absolute atomic E-state index is 12.6. The highest BCUT2D eigenvalue weighted by Crippen LogP contribution is 2.34. The molecule has 3 N–H and O–H groups in total. The molecule has 1 aromatic heterocycles. The van der Waals surface area contributed by atoms with Crippen LogP contribution in [0.3, 0.4) is 0 Å². The quantitative estimate of drug-likeness (QED) is 0.811. The zero-order valence-corrected chi connectivity index (χ0v) is 15.7. The third-order valence-corrected chi connectivity index (χ3v) is 5.18. The maximum atomic E-state index is 12.6. The number of nitrogens with two attached hydrogens (primary N) is 1. The topological polar surface area (TPSA) is 101 Å². The van der Waals surface area contributed by atoms with Gasteiger partial charge in [-0.25, -0.2) is 9.98 Å². The number of rotatable bonds is 3. The minimum Gasteiger partial charge on any atom is -0.369 e. The molecule has 28 heavy (non-hydrogen) atoms. The number of aromatic nitrogens is 1. The Hall–Kier alpha value is -2.95. The smallest absolute Gasteiger partial charge is 0.369 e. The number of alkyl halides is 3. The fourth-order valence-corrected chi connectivity index (χ4v) is 3.38. The highest BCUT2D eigenvalue weighted by molar-refractivity contribution is 7.10. The second-order valence-corrected chi connectivity index (χ2v) is 7.30. The number of aliphatic imine (C=N–C) groups is 1. The van der Waals surface area contributed by atoms with Crippen LogP contribution in [0.25, 0.3) is 0 Å². The third kappa shape index (κ3) is 3.84. The van der Waals surface area contributed by atoms with Gasteiger partial charge >= 0.3 is 6.18 Å². The van der Waals surface area contributed by atoms with Gasteiger partial charge in [0.2, 0.25) is 5.91 Å². The maximum Gasteiger partial charge on any atom is 0.443 e. The van der Waals surface area contributed by atoms with Crippen molar-refractivity contribution < 1.29 is 22.8 Å². The first-order valence-electron chi connectivity index (χ1n) is 8.06. The Labute approximate surface area is 162 Å². The van der Waals surface area contributed by atoms with Gasteiger partial charge in [-0.3, -0.25) is 14.5 Å². The van der Waals surface area contributed by atoms with Crippen molar-refractivity contribution in [1.29, 1.82) is 0 Å². The molecule has 2 aromatic rings. The van der Waals surface area contributed by atoms with Crippen LogP contribution in [0, 0.1) is 0 Å². The minimum absolute atomic E-state index is 0.0790. The van der Waals surface area contributed by atoms with E-state index in [4.69, 9.17) is 5.73 Å². The van der Waals surface area contributed by atoms with Crippen LogP contribution < -0.4 is 11.1 Å². The first kappa shape index (κ1) is 19.8. The number of benzene rings is 1. The lowest BCUT2D eigenvalue weighted by molar-refractivity contribution is -0.137. The number of hydrogen-bond donors (Lipinski definition) is 2. The Bertz CT molecular complexity index is 972. The van der Waals surface area contributed by atoms with Crippen molar-refractivity contribution in [2.45, 2.75) is 25.1 Å². The molecule has 0 saturated carbocycles. The molecule has 2 heterocycles. The molecular formula is C17H16F3N5O2S. The second-order valence-electron chi connectivity index (χ2n) is 6.44. The van der Waals surface area contributed by atoms with Crippen molar-refractivity contribution in [2.75, 3.05) is 12.4 Å². The molecule has 11 heteroatoms. The van der Waals surface area contributed by atoms with Crippen molar-refractivity contribution >= 4 is 34.8 Å². The third-order valence-electron chi connectivity index (χ3n) is 4.30. The van der Waals surface area contributed by atoms with Gasteiger partial charge in [-0.2, -0.15) is 13.2 Å². The lowest BCUT2D eigenvalue weighted by Gasteiger charge is -2.33. The van der Waals surface area contributed by atoms with E-state index < -0.39 is 22.6 Å². The van der Waals surface area contributed by atoms with Gasteiger partial charge in [0.05, 0.1) is 12.0 Å². The van der Waals surface area contributed by atoms with E-state index in [0.717, 1.165) is 5.38 Å². The van der Waals surface area contributed by atoms with Crippen molar-refractivity contribution in [1.82, 2.24) is 9.88 Å². The summed E-state index contributed by atoms with van der Waals surface area (Å²) in [6, 6.07) is 6.55. The van der Waals surface area contributed by atoms with E-state index in [2.05, 4.69) is 15.3 Å². The number of anilines is 1. The van der Waals surface area contributed by atoms with E-state index in [1.165, 1.54) is 11.9 Å². The number of carbonyl (C=O) groups is 2. The molecule has 1 aliphatic rings. The Morgan fingerprint density at radius 3 is 2.71 bits per heavy atom. The van der Waals surface area contributed by atoms with Gasteiger partial charge in [-0.05, 0) is 24.6 Å². The molecule has 0 saturated heterocycles. The number of halogens is 3. The summed E-state index contributed by atoms with van der Waals surface area (Å²) in [6.45, 7) is 1.74. The summed E-state index contributed by atoms with van der Waals surface area (Å²) in [5, 5.41) is 2.47. The van der Waals surface area contributed by atoms with E-state index in [1.807, 2.05) is 0 Å². The Morgan fingerprint density at radius 1 is 1.39 bits per heavy atom. The standard InChI is InChI=1S/C17H16F3N5O2S/c1-16(7-12(26)25(2)15(21)24-16)9-4-3-5-10(6-9)22-13(27)11-8-28-14(23-11)17(18,19)20/h3-6,8H,7H2,1-2H3,(H2,21,24)(H,22,27)/t16-/m0/s1. The monoisotopic (exact) mass is 411 g/mol. The molecule has 7 nitrogen and oxygen atoms in total. The molecule has 1 aliphatic heterocycles. The molecule has 148 valence electrons. The second kappa shape index (κ2) is 6.89. The SMILES string of the molecule is CN1C(=O)C[C@@](C)(c2cccc(NC(=O)c3csc(C(F)(F)F)n3)c2)N=C1N. The van der Waals surface area contributed by atoms with Gasteiger partial charge in [0.1, 0.15) is 5.69 Å². The molecular weight excluding hydrogens is 395 g/mol. The Balaban J connectivity index is 1.83. The van der Waals surface area contributed by atoms with Crippen molar-refractivity contribution in [3.05, 3.63) is 45.9 Å². The van der Waals surface area contributed by atoms with Crippen LogP contribution in [0.1, 0.15) is 34.4 Å². The molecule has 0 spiro atoms. The molecule has 0 bridgehead atoms. The van der Waals surface area contributed by atoms with Crippen molar-refractivity contribution in [3.63, 3.8) is 0 Å². The highest BCUT2D eigenvalue weighted by atomic mass is 32.1.